The van der Waals surface area contributed by atoms with Crippen molar-refractivity contribution >= 4 is 21.4 Å². The number of nitrogens with zero attached hydrogens (tertiary/aromatic N) is 1. The van der Waals surface area contributed by atoms with Gasteiger partial charge in [0.15, 0.2) is 12.7 Å². The minimum atomic E-state index is 0.986. The van der Waals surface area contributed by atoms with E-state index in [1.165, 1.54) is 48.5 Å². The zero-order chi connectivity index (χ0) is 16.3. The smallest absolute Gasteiger partial charge is 0.193 e. The van der Waals surface area contributed by atoms with Crippen LogP contribution in [-0.2, 0) is 6.54 Å². The SMILES string of the molecule is Cc1cc(C)c2c(c1)C[n+]1ccc3sc(-c4ccccc4)cc3c1-2. The van der Waals surface area contributed by atoms with Crippen LogP contribution < -0.4 is 4.57 Å². The minimum absolute atomic E-state index is 0.986. The summed E-state index contributed by atoms with van der Waals surface area (Å²) in [6.07, 6.45) is 2.25. The van der Waals surface area contributed by atoms with Crippen LogP contribution in [-0.4, -0.2) is 0 Å². The highest BCUT2D eigenvalue weighted by atomic mass is 32.1. The second kappa shape index (κ2) is 5.02. The number of fused-ring (bicyclic) bond motifs is 5. The molecule has 1 aliphatic rings. The third-order valence-corrected chi connectivity index (χ3v) is 6.06. The fourth-order valence-corrected chi connectivity index (χ4v) is 5.02. The van der Waals surface area contributed by atoms with E-state index in [0.717, 1.165) is 6.54 Å². The molecule has 24 heavy (non-hydrogen) atoms. The maximum atomic E-state index is 2.40. The third kappa shape index (κ3) is 1.96. The van der Waals surface area contributed by atoms with Gasteiger partial charge in [-0.1, -0.05) is 42.0 Å². The summed E-state index contributed by atoms with van der Waals surface area (Å²) in [5.74, 6) is 0. The standard InChI is InChI=1S/C22H18NS/c1-14-10-15(2)21-17(11-14)13-23-9-8-19-18(22(21)23)12-20(24-19)16-6-4-3-5-7-16/h3-12H,13H2,1-2H3/q+1. The van der Waals surface area contributed by atoms with E-state index in [9.17, 15) is 0 Å². The molecule has 0 amide bonds. The van der Waals surface area contributed by atoms with E-state index >= 15 is 0 Å². The van der Waals surface area contributed by atoms with Gasteiger partial charge in [0.25, 0.3) is 0 Å². The maximum absolute atomic E-state index is 2.40. The number of pyridine rings is 1. The zero-order valence-corrected chi connectivity index (χ0v) is 14.7. The van der Waals surface area contributed by atoms with E-state index < -0.39 is 0 Å². The zero-order valence-electron chi connectivity index (χ0n) is 13.8. The van der Waals surface area contributed by atoms with E-state index in [4.69, 9.17) is 0 Å². The number of thiophene rings is 1. The first-order valence-electron chi connectivity index (χ1n) is 8.32. The minimum Gasteiger partial charge on any atom is -0.193 e. The number of aromatic nitrogens is 1. The molecule has 0 bridgehead atoms. The van der Waals surface area contributed by atoms with Crippen molar-refractivity contribution in [3.63, 3.8) is 0 Å². The van der Waals surface area contributed by atoms with Crippen molar-refractivity contribution in [3.8, 4) is 21.7 Å². The highest BCUT2D eigenvalue weighted by Crippen LogP contribution is 2.41. The molecule has 1 nitrogen and oxygen atoms in total. The second-order valence-electron chi connectivity index (χ2n) is 6.66. The Morgan fingerprint density at radius 2 is 1.79 bits per heavy atom. The van der Waals surface area contributed by atoms with Crippen molar-refractivity contribution in [2.24, 2.45) is 0 Å². The topological polar surface area (TPSA) is 3.88 Å². The average molecular weight is 328 g/mol. The van der Waals surface area contributed by atoms with Gasteiger partial charge >= 0.3 is 0 Å². The Bertz CT molecular complexity index is 1090. The predicted octanol–water partition coefficient (Wildman–Crippen LogP) is 5.50. The second-order valence-corrected chi connectivity index (χ2v) is 7.75. The molecule has 4 aromatic rings. The normalized spacial score (nSPS) is 12.4. The molecule has 0 unspecified atom stereocenters. The summed E-state index contributed by atoms with van der Waals surface area (Å²) >= 11 is 1.89. The van der Waals surface area contributed by atoms with Crippen LogP contribution in [0.3, 0.4) is 0 Å². The summed E-state index contributed by atoms with van der Waals surface area (Å²) in [7, 11) is 0. The molecule has 2 aromatic carbocycles. The van der Waals surface area contributed by atoms with Crippen LogP contribution in [0.25, 0.3) is 31.8 Å². The Labute approximate surface area is 145 Å². The summed E-state index contributed by atoms with van der Waals surface area (Å²) in [5.41, 5.74) is 8.31. The summed E-state index contributed by atoms with van der Waals surface area (Å²) in [6, 6.07) is 20.0. The Morgan fingerprint density at radius 1 is 0.958 bits per heavy atom. The lowest BCUT2D eigenvalue weighted by atomic mass is 9.97. The van der Waals surface area contributed by atoms with Crippen molar-refractivity contribution in [1.82, 2.24) is 0 Å². The van der Waals surface area contributed by atoms with Crippen molar-refractivity contribution in [3.05, 3.63) is 77.5 Å². The van der Waals surface area contributed by atoms with Crippen LogP contribution in [0.1, 0.15) is 16.7 Å². The summed E-state index contributed by atoms with van der Waals surface area (Å²) in [4.78, 5) is 1.35. The molecule has 0 atom stereocenters. The molecule has 5 rings (SSSR count). The Kier molecular flexibility index (Phi) is 2.92. The van der Waals surface area contributed by atoms with Crippen LogP contribution in [0.2, 0.25) is 0 Å². The first-order valence-corrected chi connectivity index (χ1v) is 9.14. The molecule has 3 heterocycles. The van der Waals surface area contributed by atoms with E-state index in [-0.39, 0.29) is 0 Å². The average Bonchev–Trinajstić information content (AvgIpc) is 3.15. The van der Waals surface area contributed by atoms with Gasteiger partial charge in [-0.05, 0) is 37.1 Å². The summed E-state index contributed by atoms with van der Waals surface area (Å²) in [6.45, 7) is 5.42. The van der Waals surface area contributed by atoms with Crippen LogP contribution in [0.15, 0.2) is 60.8 Å². The number of rotatable bonds is 1. The number of benzene rings is 2. The maximum Gasteiger partial charge on any atom is 0.222 e. The van der Waals surface area contributed by atoms with Gasteiger partial charge < -0.3 is 0 Å². The monoisotopic (exact) mass is 328 g/mol. The first kappa shape index (κ1) is 13.9. The first-order chi connectivity index (χ1) is 11.7. The molecular weight excluding hydrogens is 310 g/mol. The van der Waals surface area contributed by atoms with Crippen LogP contribution >= 0.6 is 11.3 Å². The van der Waals surface area contributed by atoms with Gasteiger partial charge in [-0.3, -0.25) is 0 Å². The molecule has 0 radical (unpaired) electrons. The van der Waals surface area contributed by atoms with Crippen LogP contribution in [0, 0.1) is 13.8 Å². The quantitative estimate of drug-likeness (QED) is 0.358. The van der Waals surface area contributed by atoms with E-state index in [1.54, 1.807) is 0 Å². The fraction of sp³-hybridized carbons (Fsp3) is 0.136. The molecule has 2 heteroatoms. The lowest BCUT2D eigenvalue weighted by molar-refractivity contribution is -0.670. The summed E-state index contributed by atoms with van der Waals surface area (Å²) < 4.78 is 3.77. The van der Waals surface area contributed by atoms with Gasteiger partial charge in [0, 0.05) is 21.2 Å². The number of hydrogen-bond acceptors (Lipinski definition) is 1. The predicted molar refractivity (Wildman–Crippen MR) is 101 cm³/mol. The molecule has 0 N–H and O–H groups in total. The highest BCUT2D eigenvalue weighted by Gasteiger charge is 2.30. The molecule has 0 saturated heterocycles. The largest absolute Gasteiger partial charge is 0.222 e. The molecule has 0 saturated carbocycles. The molecule has 1 aliphatic heterocycles. The number of hydrogen-bond donors (Lipinski definition) is 0. The van der Waals surface area contributed by atoms with E-state index in [0.29, 0.717) is 0 Å². The van der Waals surface area contributed by atoms with Gasteiger partial charge in [-0.25, -0.2) is 0 Å². The summed E-state index contributed by atoms with van der Waals surface area (Å²) in [5, 5.41) is 1.38. The lowest BCUT2D eigenvalue weighted by Crippen LogP contribution is -2.31. The molecule has 2 aromatic heterocycles. The lowest BCUT2D eigenvalue weighted by Gasteiger charge is -2.02. The highest BCUT2D eigenvalue weighted by molar-refractivity contribution is 7.22. The van der Waals surface area contributed by atoms with Crippen LogP contribution in [0.4, 0.5) is 0 Å². The van der Waals surface area contributed by atoms with Gasteiger partial charge in [0.05, 0.1) is 10.9 Å². The Morgan fingerprint density at radius 3 is 2.62 bits per heavy atom. The molecule has 116 valence electrons. The number of aryl methyl sites for hydroxylation is 2. The molecule has 0 aliphatic carbocycles. The molecular formula is C22H18NS+. The van der Waals surface area contributed by atoms with E-state index in [2.05, 4.69) is 79.2 Å². The third-order valence-electron chi connectivity index (χ3n) is 4.91. The van der Waals surface area contributed by atoms with Crippen molar-refractivity contribution in [2.45, 2.75) is 20.4 Å². The van der Waals surface area contributed by atoms with Gasteiger partial charge in [0.2, 0.25) is 5.69 Å². The molecule has 0 spiro atoms. The Balaban J connectivity index is 1.80. The van der Waals surface area contributed by atoms with Crippen molar-refractivity contribution in [2.75, 3.05) is 0 Å². The van der Waals surface area contributed by atoms with Gasteiger partial charge in [-0.2, -0.15) is 4.57 Å². The van der Waals surface area contributed by atoms with Gasteiger partial charge in [-0.15, -0.1) is 11.3 Å². The van der Waals surface area contributed by atoms with Crippen molar-refractivity contribution in [1.29, 1.82) is 0 Å². The van der Waals surface area contributed by atoms with Gasteiger partial charge in [0.1, 0.15) is 0 Å². The van der Waals surface area contributed by atoms with E-state index in [1.807, 2.05) is 11.3 Å². The Hall–Kier alpha value is -2.45. The van der Waals surface area contributed by atoms with Crippen LogP contribution in [0.5, 0.6) is 0 Å². The van der Waals surface area contributed by atoms with Crippen molar-refractivity contribution < 1.29 is 4.57 Å². The molecule has 0 fully saturated rings. The fourth-order valence-electron chi connectivity index (χ4n) is 3.96.